The Bertz CT molecular complexity index is 543. The first-order chi connectivity index (χ1) is 7.85. The third-order valence-electron chi connectivity index (χ3n) is 1.95. The molecule has 0 amide bonds. The van der Waals surface area contributed by atoms with Crippen molar-refractivity contribution in [2.45, 2.75) is 0 Å². The highest BCUT2D eigenvalue weighted by Crippen LogP contribution is 2.27. The first kappa shape index (κ1) is 9.75. The van der Waals surface area contributed by atoms with Crippen LogP contribution in [0.25, 0.3) is 0 Å². The lowest BCUT2D eigenvalue weighted by molar-refractivity contribution is 0.480. The molecule has 16 heavy (non-hydrogen) atoms. The molecule has 5 heteroatoms. The van der Waals surface area contributed by atoms with Crippen LogP contribution in [-0.2, 0) is 0 Å². The van der Waals surface area contributed by atoms with E-state index in [-0.39, 0.29) is 5.75 Å². The number of nitrogens with one attached hydrogen (secondary N) is 1. The molecule has 1 N–H and O–H groups in total. The average molecular weight is 210 g/mol. The SMILES string of the molecule is N#Cc1cccc(C#N)c1Oc1cn[nH]c1. The maximum absolute atomic E-state index is 8.90. The van der Waals surface area contributed by atoms with E-state index in [9.17, 15) is 0 Å². The van der Waals surface area contributed by atoms with Crippen molar-refractivity contribution >= 4 is 0 Å². The Balaban J connectivity index is 2.47. The number of H-pyrrole nitrogens is 1. The summed E-state index contributed by atoms with van der Waals surface area (Å²) in [6.07, 6.45) is 3.00. The van der Waals surface area contributed by atoms with Crippen molar-refractivity contribution in [3.8, 4) is 23.6 Å². The Morgan fingerprint density at radius 3 is 2.38 bits per heavy atom. The van der Waals surface area contributed by atoms with Crippen LogP contribution in [0, 0.1) is 22.7 Å². The fourth-order valence-electron chi connectivity index (χ4n) is 1.24. The smallest absolute Gasteiger partial charge is 0.165 e. The van der Waals surface area contributed by atoms with Gasteiger partial charge < -0.3 is 4.74 Å². The lowest BCUT2D eigenvalue weighted by Crippen LogP contribution is -1.91. The topological polar surface area (TPSA) is 85.5 Å². The second kappa shape index (κ2) is 4.16. The molecule has 0 spiro atoms. The fraction of sp³-hybridized carbons (Fsp3) is 0. The first-order valence-corrected chi connectivity index (χ1v) is 4.45. The number of hydrogen-bond donors (Lipinski definition) is 1. The van der Waals surface area contributed by atoms with Gasteiger partial charge in [0.15, 0.2) is 11.5 Å². The minimum atomic E-state index is 0.258. The number of hydrogen-bond acceptors (Lipinski definition) is 4. The molecule has 0 atom stereocenters. The average Bonchev–Trinajstić information content (AvgIpc) is 2.82. The normalized spacial score (nSPS) is 9.12. The van der Waals surface area contributed by atoms with E-state index in [0.29, 0.717) is 16.9 Å². The van der Waals surface area contributed by atoms with E-state index in [4.69, 9.17) is 15.3 Å². The Hall–Kier alpha value is -2.79. The van der Waals surface area contributed by atoms with Gasteiger partial charge in [-0.1, -0.05) is 6.07 Å². The molecular formula is C11H6N4O. The zero-order valence-electron chi connectivity index (χ0n) is 8.14. The maximum Gasteiger partial charge on any atom is 0.165 e. The molecule has 0 unspecified atom stereocenters. The van der Waals surface area contributed by atoms with E-state index >= 15 is 0 Å². The molecule has 2 aromatic rings. The maximum atomic E-state index is 8.90. The Morgan fingerprint density at radius 1 is 1.19 bits per heavy atom. The van der Waals surface area contributed by atoms with Crippen LogP contribution in [0.1, 0.15) is 11.1 Å². The number of rotatable bonds is 2. The van der Waals surface area contributed by atoms with Crippen LogP contribution in [0.4, 0.5) is 0 Å². The highest BCUT2D eigenvalue weighted by Gasteiger charge is 2.10. The van der Waals surface area contributed by atoms with Crippen LogP contribution in [0.3, 0.4) is 0 Å². The zero-order chi connectivity index (χ0) is 11.4. The number of nitriles is 2. The molecule has 0 fully saturated rings. The van der Waals surface area contributed by atoms with E-state index < -0.39 is 0 Å². The summed E-state index contributed by atoms with van der Waals surface area (Å²) in [5.74, 6) is 0.716. The van der Waals surface area contributed by atoms with Gasteiger partial charge in [0.25, 0.3) is 0 Å². The summed E-state index contributed by atoms with van der Waals surface area (Å²) in [5, 5.41) is 24.1. The van der Waals surface area contributed by atoms with Gasteiger partial charge in [0.1, 0.15) is 12.1 Å². The number of ether oxygens (including phenoxy) is 1. The summed E-state index contributed by atoms with van der Waals surface area (Å²) in [6.45, 7) is 0. The van der Waals surface area contributed by atoms with E-state index in [1.807, 2.05) is 12.1 Å². The second-order valence-corrected chi connectivity index (χ2v) is 2.94. The number of aromatic nitrogens is 2. The lowest BCUT2D eigenvalue weighted by atomic mass is 10.1. The van der Waals surface area contributed by atoms with Crippen molar-refractivity contribution in [1.82, 2.24) is 10.2 Å². The molecular weight excluding hydrogens is 204 g/mol. The van der Waals surface area contributed by atoms with Crippen molar-refractivity contribution in [3.63, 3.8) is 0 Å². The van der Waals surface area contributed by atoms with Gasteiger partial charge in [-0.15, -0.1) is 0 Å². The monoisotopic (exact) mass is 210 g/mol. The molecule has 0 aliphatic rings. The van der Waals surface area contributed by atoms with Crippen LogP contribution in [0.2, 0.25) is 0 Å². The quantitative estimate of drug-likeness (QED) is 0.820. The van der Waals surface area contributed by atoms with Gasteiger partial charge in [0.2, 0.25) is 0 Å². The Labute approximate surface area is 91.5 Å². The van der Waals surface area contributed by atoms with Gasteiger partial charge in [-0.05, 0) is 12.1 Å². The minimum absolute atomic E-state index is 0.258. The molecule has 5 nitrogen and oxygen atoms in total. The van der Waals surface area contributed by atoms with Crippen LogP contribution in [-0.4, -0.2) is 10.2 Å². The number of nitrogens with zero attached hydrogens (tertiary/aromatic N) is 3. The van der Waals surface area contributed by atoms with Gasteiger partial charge in [0, 0.05) is 0 Å². The molecule has 1 aromatic carbocycles. The molecule has 1 heterocycles. The predicted molar refractivity (Wildman–Crippen MR) is 54.5 cm³/mol. The van der Waals surface area contributed by atoms with Crippen LogP contribution >= 0.6 is 0 Å². The summed E-state index contributed by atoms with van der Waals surface area (Å²) in [6, 6.07) is 8.78. The summed E-state index contributed by atoms with van der Waals surface area (Å²) in [7, 11) is 0. The van der Waals surface area contributed by atoms with Crippen molar-refractivity contribution < 1.29 is 4.74 Å². The van der Waals surface area contributed by atoms with Crippen molar-refractivity contribution in [2.24, 2.45) is 0 Å². The van der Waals surface area contributed by atoms with Gasteiger partial charge >= 0.3 is 0 Å². The minimum Gasteiger partial charge on any atom is -0.451 e. The zero-order valence-corrected chi connectivity index (χ0v) is 8.14. The highest BCUT2D eigenvalue weighted by molar-refractivity contribution is 5.54. The van der Waals surface area contributed by atoms with Crippen molar-refractivity contribution in [3.05, 3.63) is 41.7 Å². The number of para-hydroxylation sites is 1. The highest BCUT2D eigenvalue weighted by atomic mass is 16.5. The number of aromatic amines is 1. The van der Waals surface area contributed by atoms with Gasteiger partial charge in [-0.3, -0.25) is 5.10 Å². The van der Waals surface area contributed by atoms with E-state index in [1.54, 1.807) is 18.2 Å². The van der Waals surface area contributed by atoms with Crippen molar-refractivity contribution in [2.75, 3.05) is 0 Å². The fourth-order valence-corrected chi connectivity index (χ4v) is 1.24. The van der Waals surface area contributed by atoms with Gasteiger partial charge in [-0.25, -0.2) is 0 Å². The summed E-state index contributed by atoms with van der Waals surface area (Å²) in [4.78, 5) is 0. The molecule has 0 aliphatic heterocycles. The van der Waals surface area contributed by atoms with Crippen molar-refractivity contribution in [1.29, 1.82) is 10.5 Å². The molecule has 2 rings (SSSR count). The third kappa shape index (κ3) is 1.70. The summed E-state index contributed by atoms with van der Waals surface area (Å²) >= 11 is 0. The predicted octanol–water partition coefficient (Wildman–Crippen LogP) is 1.95. The molecule has 0 saturated carbocycles. The molecule has 0 radical (unpaired) electrons. The van der Waals surface area contributed by atoms with Crippen LogP contribution in [0.5, 0.6) is 11.5 Å². The largest absolute Gasteiger partial charge is 0.451 e. The van der Waals surface area contributed by atoms with E-state index in [0.717, 1.165) is 0 Å². The van der Waals surface area contributed by atoms with E-state index in [2.05, 4.69) is 10.2 Å². The van der Waals surface area contributed by atoms with Crippen LogP contribution < -0.4 is 4.74 Å². The second-order valence-electron chi connectivity index (χ2n) is 2.94. The Morgan fingerprint density at radius 2 is 1.88 bits per heavy atom. The molecule has 1 aromatic heterocycles. The standard InChI is InChI=1S/C11H6N4O/c12-4-8-2-1-3-9(5-13)11(8)16-10-6-14-15-7-10/h1-3,6-7H,(H,14,15). The molecule has 0 bridgehead atoms. The molecule has 76 valence electrons. The summed E-state index contributed by atoms with van der Waals surface area (Å²) < 4.78 is 5.42. The molecule has 0 aliphatic carbocycles. The lowest BCUT2D eigenvalue weighted by Gasteiger charge is -2.05. The summed E-state index contributed by atoms with van der Waals surface area (Å²) in [5.41, 5.74) is 0.639. The van der Waals surface area contributed by atoms with Crippen LogP contribution in [0.15, 0.2) is 30.6 Å². The first-order valence-electron chi connectivity index (χ1n) is 4.45. The van der Waals surface area contributed by atoms with Gasteiger partial charge in [0.05, 0.1) is 23.5 Å². The van der Waals surface area contributed by atoms with E-state index in [1.165, 1.54) is 12.4 Å². The number of benzene rings is 1. The molecule has 0 saturated heterocycles. The van der Waals surface area contributed by atoms with Gasteiger partial charge in [-0.2, -0.15) is 15.6 Å². The Kier molecular flexibility index (Phi) is 2.53. The third-order valence-corrected chi connectivity index (χ3v) is 1.95.